The number of pyridine rings is 1. The van der Waals surface area contributed by atoms with Gasteiger partial charge in [0.05, 0.1) is 0 Å². The molecule has 1 fully saturated rings. The minimum atomic E-state index is -0.0831. The van der Waals surface area contributed by atoms with Gasteiger partial charge in [-0.15, -0.1) is 0 Å². The maximum absolute atomic E-state index is 11.9. The molecule has 0 aromatic carbocycles. The summed E-state index contributed by atoms with van der Waals surface area (Å²) in [5.74, 6) is 0.797. The number of likely N-dealkylation sites (tertiary alicyclic amines) is 1. The molecule has 0 aliphatic carbocycles. The molecule has 128 valence electrons. The van der Waals surface area contributed by atoms with Crippen LogP contribution in [0.15, 0.2) is 27.6 Å². The van der Waals surface area contributed by atoms with E-state index in [-0.39, 0.29) is 11.5 Å². The van der Waals surface area contributed by atoms with E-state index in [4.69, 9.17) is 0 Å². The summed E-state index contributed by atoms with van der Waals surface area (Å²) in [6.07, 6.45) is 5.65. The monoisotopic (exact) mass is 383 g/mol. The molecule has 2 heterocycles. The highest BCUT2D eigenvalue weighted by Gasteiger charge is 2.15. The number of hydrogen-bond donors (Lipinski definition) is 1. The first-order chi connectivity index (χ1) is 11.0. The Balaban J connectivity index is 1.61. The third kappa shape index (κ3) is 6.47. The zero-order chi connectivity index (χ0) is 16.7. The number of nitrogens with one attached hydrogen (secondary N) is 1. The van der Waals surface area contributed by atoms with E-state index in [0.717, 1.165) is 23.4 Å². The number of carbonyl (C=O) groups excluding carboxylic acids is 1. The fraction of sp³-hybridized carbons (Fsp3) is 0.647. The van der Waals surface area contributed by atoms with Gasteiger partial charge >= 0.3 is 0 Å². The Labute approximate surface area is 146 Å². The summed E-state index contributed by atoms with van der Waals surface area (Å²) < 4.78 is 2.40. The molecule has 5 nitrogen and oxygen atoms in total. The van der Waals surface area contributed by atoms with Crippen LogP contribution in [-0.4, -0.2) is 41.6 Å². The van der Waals surface area contributed by atoms with Gasteiger partial charge in [-0.05, 0) is 60.3 Å². The van der Waals surface area contributed by atoms with Gasteiger partial charge in [0, 0.05) is 42.8 Å². The molecule has 1 aliphatic rings. The number of aryl methyl sites for hydroxylation is 1. The number of rotatable bonds is 7. The van der Waals surface area contributed by atoms with Gasteiger partial charge in [-0.3, -0.25) is 9.59 Å². The topological polar surface area (TPSA) is 54.3 Å². The smallest absolute Gasteiger partial charge is 0.250 e. The van der Waals surface area contributed by atoms with Crippen molar-refractivity contribution in [3.63, 3.8) is 0 Å². The lowest BCUT2D eigenvalue weighted by atomic mass is 10.0. The summed E-state index contributed by atoms with van der Waals surface area (Å²) in [4.78, 5) is 26.0. The number of aromatic nitrogens is 1. The minimum absolute atomic E-state index is 0.00360. The van der Waals surface area contributed by atoms with Crippen LogP contribution in [0.1, 0.15) is 32.6 Å². The summed E-state index contributed by atoms with van der Waals surface area (Å²) in [5.41, 5.74) is -0.0831. The third-order valence-corrected chi connectivity index (χ3v) is 4.71. The molecule has 1 N–H and O–H groups in total. The lowest BCUT2D eigenvalue weighted by molar-refractivity contribution is -0.121. The van der Waals surface area contributed by atoms with E-state index in [2.05, 4.69) is 33.1 Å². The molecule has 1 aliphatic heterocycles. The normalized spacial score (nSPS) is 18.8. The molecule has 2 rings (SSSR count). The SMILES string of the molecule is CC1CCCN(CCCNC(=O)CCn2cc(Br)ccc2=O)C1. The lowest BCUT2D eigenvalue weighted by Gasteiger charge is -2.30. The van der Waals surface area contributed by atoms with Crippen molar-refractivity contribution in [3.8, 4) is 0 Å². The number of carbonyl (C=O) groups is 1. The van der Waals surface area contributed by atoms with Crippen LogP contribution in [0, 0.1) is 5.92 Å². The zero-order valence-electron chi connectivity index (χ0n) is 13.8. The quantitative estimate of drug-likeness (QED) is 0.734. The second-order valence-electron chi connectivity index (χ2n) is 6.38. The molecule has 1 atom stereocenters. The first kappa shape index (κ1) is 18.2. The zero-order valence-corrected chi connectivity index (χ0v) is 15.3. The highest BCUT2D eigenvalue weighted by atomic mass is 79.9. The van der Waals surface area contributed by atoms with Crippen molar-refractivity contribution in [3.05, 3.63) is 33.2 Å². The van der Waals surface area contributed by atoms with Gasteiger partial charge in [0.1, 0.15) is 0 Å². The molecule has 0 saturated carbocycles. The number of halogens is 1. The molecular weight excluding hydrogens is 358 g/mol. The van der Waals surface area contributed by atoms with Gasteiger partial charge in [0.15, 0.2) is 0 Å². The van der Waals surface area contributed by atoms with E-state index < -0.39 is 0 Å². The Morgan fingerprint density at radius 2 is 2.22 bits per heavy atom. The van der Waals surface area contributed by atoms with E-state index >= 15 is 0 Å². The summed E-state index contributed by atoms with van der Waals surface area (Å²) >= 11 is 3.33. The maximum Gasteiger partial charge on any atom is 0.250 e. The molecule has 0 spiro atoms. The molecule has 1 saturated heterocycles. The van der Waals surface area contributed by atoms with Crippen LogP contribution in [0.4, 0.5) is 0 Å². The standard InChI is InChI=1S/C17H26BrN3O2/c1-14-4-2-9-20(12-14)10-3-8-19-16(22)7-11-21-13-15(18)5-6-17(21)23/h5-6,13-14H,2-4,7-12H2,1H3,(H,19,22). The Bertz CT molecular complexity index is 573. The minimum Gasteiger partial charge on any atom is -0.356 e. The van der Waals surface area contributed by atoms with Gasteiger partial charge in [-0.2, -0.15) is 0 Å². The molecule has 1 aromatic heterocycles. The Hall–Kier alpha value is -1.14. The number of piperidine rings is 1. The van der Waals surface area contributed by atoms with Crippen molar-refractivity contribution >= 4 is 21.8 Å². The largest absolute Gasteiger partial charge is 0.356 e. The van der Waals surface area contributed by atoms with Crippen LogP contribution in [-0.2, 0) is 11.3 Å². The lowest BCUT2D eigenvalue weighted by Crippen LogP contribution is -2.36. The van der Waals surface area contributed by atoms with Gasteiger partial charge < -0.3 is 14.8 Å². The highest BCUT2D eigenvalue weighted by molar-refractivity contribution is 9.10. The fourth-order valence-corrected chi connectivity index (χ4v) is 3.39. The first-order valence-corrected chi connectivity index (χ1v) is 9.19. The van der Waals surface area contributed by atoms with Crippen molar-refractivity contribution in [2.24, 2.45) is 5.92 Å². The molecule has 0 radical (unpaired) electrons. The predicted octanol–water partition coefficient (Wildman–Crippen LogP) is 2.24. The van der Waals surface area contributed by atoms with Gasteiger partial charge in [-0.25, -0.2) is 0 Å². The fourth-order valence-electron chi connectivity index (χ4n) is 3.01. The van der Waals surface area contributed by atoms with Crippen LogP contribution in [0.3, 0.4) is 0 Å². The first-order valence-electron chi connectivity index (χ1n) is 8.39. The molecule has 6 heteroatoms. The Morgan fingerprint density at radius 3 is 3.00 bits per heavy atom. The van der Waals surface area contributed by atoms with Crippen molar-refractivity contribution in [1.29, 1.82) is 0 Å². The van der Waals surface area contributed by atoms with Crippen molar-refractivity contribution in [2.45, 2.75) is 39.2 Å². The van der Waals surface area contributed by atoms with Crippen LogP contribution >= 0.6 is 15.9 Å². The number of amides is 1. The molecule has 0 bridgehead atoms. The van der Waals surface area contributed by atoms with Crippen LogP contribution in [0.5, 0.6) is 0 Å². The summed E-state index contributed by atoms with van der Waals surface area (Å²) in [7, 11) is 0. The predicted molar refractivity (Wildman–Crippen MR) is 95.5 cm³/mol. The van der Waals surface area contributed by atoms with Crippen molar-refractivity contribution in [1.82, 2.24) is 14.8 Å². The van der Waals surface area contributed by atoms with Crippen LogP contribution in [0.2, 0.25) is 0 Å². The second-order valence-corrected chi connectivity index (χ2v) is 7.30. The van der Waals surface area contributed by atoms with E-state index in [1.807, 2.05) is 0 Å². The summed E-state index contributed by atoms with van der Waals surface area (Å²) in [6.45, 7) is 6.84. The molecule has 1 amide bonds. The van der Waals surface area contributed by atoms with E-state index in [1.54, 1.807) is 16.8 Å². The molecule has 1 aromatic rings. The van der Waals surface area contributed by atoms with E-state index in [9.17, 15) is 9.59 Å². The maximum atomic E-state index is 11.9. The van der Waals surface area contributed by atoms with E-state index in [0.29, 0.717) is 19.5 Å². The number of nitrogens with zero attached hydrogens (tertiary/aromatic N) is 2. The van der Waals surface area contributed by atoms with E-state index in [1.165, 1.54) is 32.0 Å². The average molecular weight is 384 g/mol. The molecule has 1 unspecified atom stereocenters. The van der Waals surface area contributed by atoms with Gasteiger partial charge in [0.25, 0.3) is 5.56 Å². The van der Waals surface area contributed by atoms with Crippen molar-refractivity contribution in [2.75, 3.05) is 26.2 Å². The van der Waals surface area contributed by atoms with Crippen molar-refractivity contribution < 1.29 is 4.79 Å². The number of hydrogen-bond acceptors (Lipinski definition) is 3. The summed E-state index contributed by atoms with van der Waals surface area (Å²) in [5, 5.41) is 2.95. The van der Waals surface area contributed by atoms with Gasteiger partial charge in [0.2, 0.25) is 5.91 Å². The summed E-state index contributed by atoms with van der Waals surface area (Å²) in [6, 6.07) is 3.21. The highest BCUT2D eigenvalue weighted by Crippen LogP contribution is 2.15. The molecular formula is C17H26BrN3O2. The third-order valence-electron chi connectivity index (χ3n) is 4.24. The Morgan fingerprint density at radius 1 is 1.39 bits per heavy atom. The Kier molecular flexibility index (Phi) is 7.30. The van der Waals surface area contributed by atoms with Crippen LogP contribution < -0.4 is 10.9 Å². The van der Waals surface area contributed by atoms with Crippen LogP contribution in [0.25, 0.3) is 0 Å². The second kappa shape index (κ2) is 9.23. The molecule has 23 heavy (non-hydrogen) atoms. The average Bonchev–Trinajstić information content (AvgIpc) is 2.52. The van der Waals surface area contributed by atoms with Gasteiger partial charge in [-0.1, -0.05) is 6.92 Å².